The number of halogens is 2. The Labute approximate surface area is 244 Å². The van der Waals surface area contributed by atoms with Crippen molar-refractivity contribution in [3.63, 3.8) is 0 Å². The highest BCUT2D eigenvalue weighted by Crippen LogP contribution is 2.33. The predicted octanol–water partition coefficient (Wildman–Crippen LogP) is 4.76. The standard InChI is InChI=1S/C28H31Cl2N3O6S/c1-5-31-28(35)19(2)32(17-20-8-6-7-9-24(20)30)27(34)18-33(22-12-10-21(29)11-13-22)40(36,37)23-14-15-25(38-3)26(16-23)39-4/h6-16,19H,5,17-18H2,1-4H3,(H,31,35). The van der Waals surface area contributed by atoms with E-state index in [0.717, 1.165) is 4.31 Å². The van der Waals surface area contributed by atoms with Crippen molar-refractivity contribution in [2.45, 2.75) is 31.3 Å². The molecule has 0 saturated carbocycles. The second-order valence-electron chi connectivity index (χ2n) is 8.69. The average Bonchev–Trinajstić information content (AvgIpc) is 2.95. The van der Waals surface area contributed by atoms with Crippen molar-refractivity contribution in [2.24, 2.45) is 0 Å². The number of hydrogen-bond donors (Lipinski definition) is 1. The molecule has 214 valence electrons. The molecule has 0 saturated heterocycles. The van der Waals surface area contributed by atoms with Gasteiger partial charge in [0.2, 0.25) is 11.8 Å². The number of nitrogens with one attached hydrogen (secondary N) is 1. The molecule has 0 bridgehead atoms. The van der Waals surface area contributed by atoms with E-state index in [1.807, 2.05) is 0 Å². The minimum Gasteiger partial charge on any atom is -0.493 e. The number of sulfonamides is 1. The fourth-order valence-electron chi connectivity index (χ4n) is 3.96. The van der Waals surface area contributed by atoms with Gasteiger partial charge in [0, 0.05) is 29.2 Å². The van der Waals surface area contributed by atoms with Gasteiger partial charge in [-0.1, -0.05) is 41.4 Å². The maximum atomic E-state index is 14.0. The molecule has 0 heterocycles. The molecule has 40 heavy (non-hydrogen) atoms. The van der Waals surface area contributed by atoms with Gasteiger partial charge in [0.15, 0.2) is 11.5 Å². The molecule has 0 fully saturated rings. The largest absolute Gasteiger partial charge is 0.493 e. The molecule has 1 unspecified atom stereocenters. The lowest BCUT2D eigenvalue weighted by Gasteiger charge is -2.32. The lowest BCUT2D eigenvalue weighted by molar-refractivity contribution is -0.139. The van der Waals surface area contributed by atoms with Crippen LogP contribution in [0.1, 0.15) is 19.4 Å². The number of nitrogens with zero attached hydrogens (tertiary/aromatic N) is 2. The van der Waals surface area contributed by atoms with Crippen molar-refractivity contribution in [1.29, 1.82) is 0 Å². The SMILES string of the molecule is CCNC(=O)C(C)N(Cc1ccccc1Cl)C(=O)CN(c1ccc(Cl)cc1)S(=O)(=O)c1ccc(OC)c(OC)c1. The third-order valence-electron chi connectivity index (χ3n) is 6.15. The summed E-state index contributed by atoms with van der Waals surface area (Å²) in [7, 11) is -1.48. The maximum Gasteiger partial charge on any atom is 0.264 e. The van der Waals surface area contributed by atoms with Crippen LogP contribution in [0.15, 0.2) is 71.6 Å². The Hall–Kier alpha value is -3.47. The number of carbonyl (C=O) groups is 2. The van der Waals surface area contributed by atoms with E-state index in [0.29, 0.717) is 27.9 Å². The molecule has 1 atom stereocenters. The lowest BCUT2D eigenvalue weighted by Crippen LogP contribution is -2.51. The van der Waals surface area contributed by atoms with Gasteiger partial charge < -0.3 is 19.7 Å². The Morgan fingerprint density at radius 1 is 0.950 bits per heavy atom. The number of hydrogen-bond acceptors (Lipinski definition) is 6. The monoisotopic (exact) mass is 607 g/mol. The highest BCUT2D eigenvalue weighted by atomic mass is 35.5. The summed E-state index contributed by atoms with van der Waals surface area (Å²) in [6.07, 6.45) is 0. The maximum absolute atomic E-state index is 14.0. The summed E-state index contributed by atoms with van der Waals surface area (Å²) >= 11 is 12.4. The molecule has 2 amide bonds. The minimum atomic E-state index is -4.31. The zero-order valence-corrected chi connectivity index (χ0v) is 24.9. The number of benzene rings is 3. The van der Waals surface area contributed by atoms with Crippen molar-refractivity contribution < 1.29 is 27.5 Å². The van der Waals surface area contributed by atoms with Gasteiger partial charge in [-0.3, -0.25) is 13.9 Å². The van der Waals surface area contributed by atoms with Crippen LogP contribution in [0, 0.1) is 0 Å². The van der Waals surface area contributed by atoms with E-state index in [9.17, 15) is 18.0 Å². The molecule has 12 heteroatoms. The van der Waals surface area contributed by atoms with Crippen LogP contribution in [0.25, 0.3) is 0 Å². The summed E-state index contributed by atoms with van der Waals surface area (Å²) in [5.74, 6) is -0.449. The predicted molar refractivity (Wildman–Crippen MR) is 156 cm³/mol. The van der Waals surface area contributed by atoms with Crippen LogP contribution in [-0.2, 0) is 26.2 Å². The number of likely N-dealkylation sites (N-methyl/N-ethyl adjacent to an activating group) is 1. The van der Waals surface area contributed by atoms with Gasteiger partial charge >= 0.3 is 0 Å². The van der Waals surface area contributed by atoms with E-state index in [1.54, 1.807) is 38.1 Å². The Kier molecular flexibility index (Phi) is 10.7. The number of methoxy groups -OCH3 is 2. The molecular formula is C28H31Cl2N3O6S. The molecule has 3 aromatic carbocycles. The number of anilines is 1. The van der Waals surface area contributed by atoms with E-state index in [2.05, 4.69) is 5.32 Å². The number of rotatable bonds is 12. The molecule has 0 radical (unpaired) electrons. The van der Waals surface area contributed by atoms with Crippen molar-refractivity contribution in [3.8, 4) is 11.5 Å². The summed E-state index contributed by atoms with van der Waals surface area (Å²) in [5, 5.41) is 3.52. The molecule has 1 N–H and O–H groups in total. The first kappa shape index (κ1) is 31.1. The molecule has 0 aliphatic carbocycles. The average molecular weight is 609 g/mol. The summed E-state index contributed by atoms with van der Waals surface area (Å²) in [6, 6.07) is 16.2. The molecule has 0 aromatic heterocycles. The van der Waals surface area contributed by atoms with Crippen LogP contribution in [-0.4, -0.2) is 58.5 Å². The number of ether oxygens (including phenoxy) is 2. The molecule has 3 aromatic rings. The number of carbonyl (C=O) groups excluding carboxylic acids is 2. The van der Waals surface area contributed by atoms with Gasteiger partial charge in [0.05, 0.1) is 24.8 Å². The van der Waals surface area contributed by atoms with Crippen LogP contribution in [0.4, 0.5) is 5.69 Å². The second kappa shape index (κ2) is 13.7. The van der Waals surface area contributed by atoms with Crippen LogP contribution < -0.4 is 19.1 Å². The van der Waals surface area contributed by atoms with Crippen molar-refractivity contribution in [3.05, 3.63) is 82.3 Å². The third kappa shape index (κ3) is 7.18. The topological polar surface area (TPSA) is 105 Å². The van der Waals surface area contributed by atoms with Gasteiger partial charge in [-0.05, 0) is 61.9 Å². The Bertz CT molecular complexity index is 1450. The van der Waals surface area contributed by atoms with E-state index < -0.39 is 28.5 Å². The van der Waals surface area contributed by atoms with E-state index >= 15 is 0 Å². The molecule has 9 nitrogen and oxygen atoms in total. The smallest absolute Gasteiger partial charge is 0.264 e. The van der Waals surface area contributed by atoms with Crippen molar-refractivity contribution >= 4 is 50.7 Å². The van der Waals surface area contributed by atoms with Crippen molar-refractivity contribution in [1.82, 2.24) is 10.2 Å². The number of amides is 2. The fraction of sp³-hybridized carbons (Fsp3) is 0.286. The fourth-order valence-corrected chi connectivity index (χ4v) is 5.71. The molecule has 3 rings (SSSR count). The zero-order chi connectivity index (χ0) is 29.4. The summed E-state index contributed by atoms with van der Waals surface area (Å²) < 4.78 is 39.5. The highest BCUT2D eigenvalue weighted by Gasteiger charge is 2.33. The summed E-state index contributed by atoms with van der Waals surface area (Å²) in [4.78, 5) is 27.9. The first-order valence-corrected chi connectivity index (χ1v) is 14.5. The van der Waals surface area contributed by atoms with Gasteiger partial charge in [0.1, 0.15) is 12.6 Å². The lowest BCUT2D eigenvalue weighted by atomic mass is 10.1. The van der Waals surface area contributed by atoms with E-state index in [-0.39, 0.29) is 28.8 Å². The Morgan fingerprint density at radius 2 is 1.60 bits per heavy atom. The third-order valence-corrected chi connectivity index (χ3v) is 8.54. The van der Waals surface area contributed by atoms with Crippen LogP contribution in [0.5, 0.6) is 11.5 Å². The second-order valence-corrected chi connectivity index (χ2v) is 11.4. The van der Waals surface area contributed by atoms with E-state index in [1.165, 1.54) is 61.6 Å². The van der Waals surface area contributed by atoms with Crippen LogP contribution >= 0.6 is 23.2 Å². The van der Waals surface area contributed by atoms with Gasteiger partial charge in [-0.2, -0.15) is 0 Å². The molecular weight excluding hydrogens is 577 g/mol. The molecule has 0 aliphatic rings. The van der Waals surface area contributed by atoms with Crippen LogP contribution in [0.3, 0.4) is 0 Å². The Balaban J connectivity index is 2.08. The first-order chi connectivity index (χ1) is 19.0. The van der Waals surface area contributed by atoms with Crippen molar-refractivity contribution in [2.75, 3.05) is 31.6 Å². The Morgan fingerprint density at radius 3 is 2.20 bits per heavy atom. The molecule has 0 aliphatic heterocycles. The van der Waals surface area contributed by atoms with Gasteiger partial charge in [-0.25, -0.2) is 8.42 Å². The zero-order valence-electron chi connectivity index (χ0n) is 22.6. The quantitative estimate of drug-likeness (QED) is 0.318. The van der Waals surface area contributed by atoms with Crippen LogP contribution in [0.2, 0.25) is 10.0 Å². The normalized spacial score (nSPS) is 11.8. The first-order valence-electron chi connectivity index (χ1n) is 12.3. The summed E-state index contributed by atoms with van der Waals surface area (Å²) in [5.41, 5.74) is 0.811. The van der Waals surface area contributed by atoms with Gasteiger partial charge in [0.25, 0.3) is 10.0 Å². The van der Waals surface area contributed by atoms with E-state index in [4.69, 9.17) is 32.7 Å². The molecule has 0 spiro atoms. The van der Waals surface area contributed by atoms with Gasteiger partial charge in [-0.15, -0.1) is 0 Å². The highest BCUT2D eigenvalue weighted by molar-refractivity contribution is 7.92. The summed E-state index contributed by atoms with van der Waals surface area (Å²) in [6.45, 7) is 3.09. The minimum absolute atomic E-state index is 0.0122.